The monoisotopic (exact) mass is 492 g/mol. The van der Waals surface area contributed by atoms with Crippen LogP contribution in [0.2, 0.25) is 0 Å². The first-order valence-electron chi connectivity index (χ1n) is 8.50. The Morgan fingerprint density at radius 1 is 1.46 bits per heavy atom. The molecule has 1 aliphatic heterocycles. The minimum absolute atomic E-state index is 0. The molecule has 1 aromatic rings. The largest absolute Gasteiger partial charge is 0.356 e. The molecule has 7 nitrogen and oxygen atoms in total. The van der Waals surface area contributed by atoms with Crippen molar-refractivity contribution in [2.75, 3.05) is 57.2 Å². The maximum atomic E-state index is 11.8. The van der Waals surface area contributed by atoms with Gasteiger partial charge in [0.25, 0.3) is 0 Å². The molecule has 0 radical (unpaired) electrons. The highest BCUT2D eigenvalue weighted by Crippen LogP contribution is 2.17. The fourth-order valence-corrected chi connectivity index (χ4v) is 2.84. The van der Waals surface area contributed by atoms with Gasteiger partial charge in [-0.3, -0.25) is 4.79 Å². The summed E-state index contributed by atoms with van der Waals surface area (Å²) in [4.78, 5) is 24.5. The highest BCUT2D eigenvalue weighted by atomic mass is 127. The number of pyridine rings is 1. The molecule has 26 heavy (non-hydrogen) atoms. The molecular formula is C17H29IN6OS. The number of carbonyl (C=O) groups is 1. The van der Waals surface area contributed by atoms with E-state index in [1.165, 1.54) is 0 Å². The van der Waals surface area contributed by atoms with Crippen LogP contribution in [-0.2, 0) is 4.79 Å². The molecule has 1 fully saturated rings. The third kappa shape index (κ3) is 7.56. The minimum atomic E-state index is -0.00694. The molecule has 2 N–H and O–H groups in total. The SMILES string of the molecule is CSCCNC(=NCC(=O)N(C)C)NC1CCN(c2ccccn2)C1.I. The molecule has 9 heteroatoms. The number of hydrogen-bond acceptors (Lipinski definition) is 5. The molecule has 1 saturated heterocycles. The van der Waals surface area contributed by atoms with E-state index in [9.17, 15) is 4.79 Å². The van der Waals surface area contributed by atoms with Crippen molar-refractivity contribution in [1.82, 2.24) is 20.5 Å². The third-order valence-electron chi connectivity index (χ3n) is 3.97. The summed E-state index contributed by atoms with van der Waals surface area (Å²) in [5.41, 5.74) is 0. The lowest BCUT2D eigenvalue weighted by Crippen LogP contribution is -2.45. The predicted molar refractivity (Wildman–Crippen MR) is 121 cm³/mol. The summed E-state index contributed by atoms with van der Waals surface area (Å²) in [6, 6.07) is 6.26. The molecular weight excluding hydrogens is 463 g/mol. The molecule has 1 amide bonds. The van der Waals surface area contributed by atoms with Gasteiger partial charge in [0.05, 0.1) is 0 Å². The number of nitrogens with one attached hydrogen (secondary N) is 2. The number of likely N-dealkylation sites (N-methyl/N-ethyl adjacent to an activating group) is 1. The smallest absolute Gasteiger partial charge is 0.243 e. The molecule has 2 heterocycles. The standard InChI is InChI=1S/C17H28N6OS.HI/c1-22(2)16(24)12-20-17(19-9-11-25-3)21-14-7-10-23(13-14)15-6-4-5-8-18-15;/h4-6,8,14H,7,9-13H2,1-3H3,(H2,19,20,21);1H. The van der Waals surface area contributed by atoms with Gasteiger partial charge in [-0.05, 0) is 24.8 Å². The van der Waals surface area contributed by atoms with Gasteiger partial charge >= 0.3 is 0 Å². The van der Waals surface area contributed by atoms with Crippen molar-refractivity contribution < 1.29 is 4.79 Å². The molecule has 1 unspecified atom stereocenters. The van der Waals surface area contributed by atoms with Gasteiger partial charge in [-0.1, -0.05) is 6.07 Å². The summed E-state index contributed by atoms with van der Waals surface area (Å²) in [6.45, 7) is 2.81. The van der Waals surface area contributed by atoms with Crippen LogP contribution in [0.5, 0.6) is 0 Å². The van der Waals surface area contributed by atoms with Gasteiger partial charge in [0.1, 0.15) is 12.4 Å². The lowest BCUT2D eigenvalue weighted by Gasteiger charge is -2.20. The maximum absolute atomic E-state index is 11.8. The second kappa shape index (κ2) is 12.2. The van der Waals surface area contributed by atoms with Crippen molar-refractivity contribution in [3.05, 3.63) is 24.4 Å². The second-order valence-corrected chi connectivity index (χ2v) is 7.12. The van der Waals surface area contributed by atoms with E-state index in [0.717, 1.165) is 37.6 Å². The topological polar surface area (TPSA) is 72.9 Å². The predicted octanol–water partition coefficient (Wildman–Crippen LogP) is 1.26. The minimum Gasteiger partial charge on any atom is -0.356 e. The molecule has 1 aromatic heterocycles. The van der Waals surface area contributed by atoms with Gasteiger partial charge in [0, 0.05) is 51.7 Å². The lowest BCUT2D eigenvalue weighted by molar-refractivity contribution is -0.127. The molecule has 0 saturated carbocycles. The van der Waals surface area contributed by atoms with Crippen LogP contribution < -0.4 is 15.5 Å². The van der Waals surface area contributed by atoms with E-state index < -0.39 is 0 Å². The van der Waals surface area contributed by atoms with Crippen LogP contribution in [0, 0.1) is 0 Å². The van der Waals surface area contributed by atoms with Crippen molar-refractivity contribution in [1.29, 1.82) is 0 Å². The van der Waals surface area contributed by atoms with Crippen LogP contribution in [-0.4, -0.2) is 80.1 Å². The van der Waals surface area contributed by atoms with E-state index in [4.69, 9.17) is 0 Å². The lowest BCUT2D eigenvalue weighted by atomic mass is 10.3. The number of guanidine groups is 1. The van der Waals surface area contributed by atoms with Gasteiger partial charge < -0.3 is 20.4 Å². The fraction of sp³-hybridized carbons (Fsp3) is 0.588. The Balaban J connectivity index is 0.00000338. The van der Waals surface area contributed by atoms with Crippen LogP contribution in [0.4, 0.5) is 5.82 Å². The Labute approximate surface area is 177 Å². The number of aromatic nitrogens is 1. The van der Waals surface area contributed by atoms with Crippen molar-refractivity contribution in [3.63, 3.8) is 0 Å². The zero-order valence-corrected chi connectivity index (χ0v) is 18.8. The summed E-state index contributed by atoms with van der Waals surface area (Å²) >= 11 is 1.78. The number of amides is 1. The maximum Gasteiger partial charge on any atom is 0.243 e. The average Bonchev–Trinajstić information content (AvgIpc) is 3.08. The van der Waals surface area contributed by atoms with Crippen LogP contribution in [0.25, 0.3) is 0 Å². The first kappa shape index (κ1) is 22.8. The number of carbonyl (C=O) groups excluding carboxylic acids is 1. The molecule has 146 valence electrons. The zero-order valence-electron chi connectivity index (χ0n) is 15.6. The first-order chi connectivity index (χ1) is 12.1. The van der Waals surface area contributed by atoms with Crippen molar-refractivity contribution in [2.24, 2.45) is 4.99 Å². The number of hydrogen-bond donors (Lipinski definition) is 2. The zero-order chi connectivity index (χ0) is 18.1. The molecule has 0 spiro atoms. The van der Waals surface area contributed by atoms with Crippen molar-refractivity contribution >= 4 is 53.4 Å². The molecule has 1 aliphatic rings. The number of aliphatic imine (C=N–C) groups is 1. The highest BCUT2D eigenvalue weighted by molar-refractivity contribution is 14.0. The Morgan fingerprint density at radius 2 is 2.27 bits per heavy atom. The van der Waals surface area contributed by atoms with Crippen LogP contribution in [0.1, 0.15) is 6.42 Å². The molecule has 0 aromatic carbocycles. The Bertz CT molecular complexity index is 572. The summed E-state index contributed by atoms with van der Waals surface area (Å²) in [7, 11) is 3.49. The molecule has 0 aliphatic carbocycles. The van der Waals surface area contributed by atoms with Gasteiger partial charge in [-0.15, -0.1) is 24.0 Å². The first-order valence-corrected chi connectivity index (χ1v) is 9.89. The number of thioether (sulfide) groups is 1. The van der Waals surface area contributed by atoms with Crippen LogP contribution >= 0.6 is 35.7 Å². The highest BCUT2D eigenvalue weighted by Gasteiger charge is 2.24. The van der Waals surface area contributed by atoms with E-state index in [1.54, 1.807) is 30.8 Å². The summed E-state index contributed by atoms with van der Waals surface area (Å²) < 4.78 is 0. The summed E-state index contributed by atoms with van der Waals surface area (Å²) in [5.74, 6) is 2.69. The van der Waals surface area contributed by atoms with Crippen LogP contribution in [0.3, 0.4) is 0 Å². The number of halogens is 1. The van der Waals surface area contributed by atoms with E-state index >= 15 is 0 Å². The van der Waals surface area contributed by atoms with Crippen LogP contribution in [0.15, 0.2) is 29.4 Å². The van der Waals surface area contributed by atoms with E-state index in [2.05, 4.69) is 31.8 Å². The molecule has 0 bridgehead atoms. The number of nitrogens with zero attached hydrogens (tertiary/aromatic N) is 4. The average molecular weight is 492 g/mol. The van der Waals surface area contributed by atoms with E-state index in [0.29, 0.717) is 5.96 Å². The third-order valence-corrected chi connectivity index (χ3v) is 4.58. The van der Waals surface area contributed by atoms with Gasteiger partial charge in [-0.2, -0.15) is 11.8 Å². The normalized spacial score (nSPS) is 16.8. The van der Waals surface area contributed by atoms with Gasteiger partial charge in [0.15, 0.2) is 5.96 Å². The quantitative estimate of drug-likeness (QED) is 0.259. The Hall–Kier alpha value is -1.23. The number of anilines is 1. The van der Waals surface area contributed by atoms with Crippen molar-refractivity contribution in [3.8, 4) is 0 Å². The van der Waals surface area contributed by atoms with Gasteiger partial charge in [0.2, 0.25) is 5.91 Å². The molecule has 2 rings (SSSR count). The number of rotatable bonds is 7. The second-order valence-electron chi connectivity index (χ2n) is 6.14. The van der Waals surface area contributed by atoms with E-state index in [1.807, 2.05) is 24.4 Å². The van der Waals surface area contributed by atoms with Crippen molar-refractivity contribution in [2.45, 2.75) is 12.5 Å². The fourth-order valence-electron chi connectivity index (χ4n) is 2.53. The molecule has 1 atom stereocenters. The van der Waals surface area contributed by atoms with E-state index in [-0.39, 0.29) is 42.5 Å². The Morgan fingerprint density at radius 3 is 2.92 bits per heavy atom. The van der Waals surface area contributed by atoms with Gasteiger partial charge in [-0.25, -0.2) is 9.98 Å². The Kier molecular flexibility index (Phi) is 10.7. The summed E-state index contributed by atoms with van der Waals surface area (Å²) in [5, 5.41) is 6.77. The summed E-state index contributed by atoms with van der Waals surface area (Å²) in [6.07, 6.45) is 4.91.